The first-order valence-electron chi connectivity index (χ1n) is 10.2. The fourth-order valence-corrected chi connectivity index (χ4v) is 5.06. The second-order valence-corrected chi connectivity index (χ2v) is 8.72. The number of thiophene rings is 1. The van der Waals surface area contributed by atoms with E-state index in [1.54, 1.807) is 24.3 Å². The van der Waals surface area contributed by atoms with Crippen LogP contribution in [0.1, 0.15) is 42.9 Å². The Morgan fingerprint density at radius 3 is 2.84 bits per heavy atom. The van der Waals surface area contributed by atoms with Crippen LogP contribution in [-0.4, -0.2) is 44.5 Å². The van der Waals surface area contributed by atoms with Crippen molar-refractivity contribution in [1.29, 1.82) is 0 Å². The van der Waals surface area contributed by atoms with Gasteiger partial charge in [-0.15, -0.1) is 0 Å². The van der Waals surface area contributed by atoms with E-state index in [-0.39, 0.29) is 43.1 Å². The van der Waals surface area contributed by atoms with Crippen LogP contribution in [0, 0.1) is 0 Å². The van der Waals surface area contributed by atoms with Gasteiger partial charge in [-0.05, 0) is 37.4 Å². The SMILES string of the molecule is CC(C)N1C(=O)c2ccccc2N2C(=O)CCC21C(=O)OCc1noc(-c2ccsc2)n1. The zero-order valence-electron chi connectivity index (χ0n) is 17.5. The molecule has 2 aromatic heterocycles. The molecule has 2 aliphatic heterocycles. The molecule has 1 aromatic carbocycles. The van der Waals surface area contributed by atoms with E-state index in [4.69, 9.17) is 9.26 Å². The molecule has 0 N–H and O–H groups in total. The standard InChI is InChI=1S/C22H20N4O5S/c1-13(2)25-20(28)15-5-3-4-6-16(15)26-18(27)7-9-22(25,26)21(29)30-11-17-23-19(31-24-17)14-8-10-32-12-14/h3-6,8,10,12-13H,7,9,11H2,1-2H3. The van der Waals surface area contributed by atoms with E-state index in [2.05, 4.69) is 10.1 Å². The molecular formula is C22H20N4O5S. The maximum absolute atomic E-state index is 13.5. The van der Waals surface area contributed by atoms with Gasteiger partial charge in [0.05, 0.1) is 16.8 Å². The summed E-state index contributed by atoms with van der Waals surface area (Å²) in [5.74, 6) is -0.699. The molecule has 3 aromatic rings. The van der Waals surface area contributed by atoms with Gasteiger partial charge in [0.1, 0.15) is 0 Å². The molecule has 2 aliphatic rings. The van der Waals surface area contributed by atoms with Gasteiger partial charge < -0.3 is 14.2 Å². The van der Waals surface area contributed by atoms with Gasteiger partial charge in [-0.3, -0.25) is 14.5 Å². The average Bonchev–Trinajstić information content (AvgIpc) is 3.52. The molecule has 32 heavy (non-hydrogen) atoms. The number of aromatic nitrogens is 2. The molecule has 0 spiro atoms. The Labute approximate surface area is 187 Å². The number of fused-ring (bicyclic) bond motifs is 3. The molecule has 5 rings (SSSR count). The predicted molar refractivity (Wildman–Crippen MR) is 115 cm³/mol. The lowest BCUT2D eigenvalue weighted by atomic mass is 9.95. The number of carbonyl (C=O) groups excluding carboxylic acids is 3. The van der Waals surface area contributed by atoms with Crippen LogP contribution in [-0.2, 0) is 20.9 Å². The average molecular weight is 452 g/mol. The van der Waals surface area contributed by atoms with E-state index >= 15 is 0 Å². The van der Waals surface area contributed by atoms with Gasteiger partial charge in [0, 0.05) is 24.3 Å². The summed E-state index contributed by atoms with van der Waals surface area (Å²) >= 11 is 1.50. The van der Waals surface area contributed by atoms with Gasteiger partial charge in [-0.1, -0.05) is 17.3 Å². The van der Waals surface area contributed by atoms with E-state index in [9.17, 15) is 14.4 Å². The molecule has 0 aliphatic carbocycles. The van der Waals surface area contributed by atoms with E-state index < -0.39 is 11.6 Å². The fourth-order valence-electron chi connectivity index (χ4n) is 4.44. The van der Waals surface area contributed by atoms with Gasteiger partial charge in [-0.2, -0.15) is 16.3 Å². The third kappa shape index (κ3) is 2.94. The Morgan fingerprint density at radius 2 is 2.09 bits per heavy atom. The molecule has 4 heterocycles. The largest absolute Gasteiger partial charge is 0.454 e. The predicted octanol–water partition coefficient (Wildman–Crippen LogP) is 3.23. The molecule has 0 radical (unpaired) electrons. The molecule has 1 atom stereocenters. The zero-order chi connectivity index (χ0) is 22.5. The minimum absolute atomic E-state index is 0.129. The van der Waals surface area contributed by atoms with Crippen molar-refractivity contribution in [3.63, 3.8) is 0 Å². The minimum atomic E-state index is -1.55. The van der Waals surface area contributed by atoms with Crippen LogP contribution in [0.15, 0.2) is 45.6 Å². The van der Waals surface area contributed by atoms with Crippen LogP contribution in [0.4, 0.5) is 5.69 Å². The van der Waals surface area contributed by atoms with Gasteiger partial charge >= 0.3 is 5.97 Å². The van der Waals surface area contributed by atoms with Crippen LogP contribution < -0.4 is 4.90 Å². The number of ether oxygens (including phenoxy) is 1. The Morgan fingerprint density at radius 1 is 1.28 bits per heavy atom. The van der Waals surface area contributed by atoms with Crippen molar-refractivity contribution < 1.29 is 23.6 Å². The summed E-state index contributed by atoms with van der Waals surface area (Å²) in [5.41, 5.74) is 0.0506. The van der Waals surface area contributed by atoms with E-state index in [0.717, 1.165) is 5.56 Å². The maximum atomic E-state index is 13.5. The smallest absolute Gasteiger partial charge is 0.354 e. The molecule has 1 unspecified atom stereocenters. The lowest BCUT2D eigenvalue weighted by Crippen LogP contribution is -2.70. The lowest BCUT2D eigenvalue weighted by molar-refractivity contribution is -0.160. The Kier molecular flexibility index (Phi) is 4.81. The summed E-state index contributed by atoms with van der Waals surface area (Å²) in [7, 11) is 0. The quantitative estimate of drug-likeness (QED) is 0.547. The van der Waals surface area contributed by atoms with Crippen LogP contribution in [0.25, 0.3) is 11.5 Å². The number of amides is 2. The van der Waals surface area contributed by atoms with Crippen molar-refractivity contribution in [3.8, 4) is 11.5 Å². The third-order valence-electron chi connectivity index (χ3n) is 5.71. The number of benzene rings is 1. The number of hydrogen-bond acceptors (Lipinski definition) is 8. The van der Waals surface area contributed by atoms with Gasteiger partial charge in [0.15, 0.2) is 6.61 Å². The summed E-state index contributed by atoms with van der Waals surface area (Å²) in [6.07, 6.45) is 0.278. The normalized spacial score (nSPS) is 20.0. The highest BCUT2D eigenvalue weighted by Gasteiger charge is 2.62. The second-order valence-electron chi connectivity index (χ2n) is 7.94. The van der Waals surface area contributed by atoms with Crippen LogP contribution in [0.5, 0.6) is 0 Å². The number of nitrogens with zero attached hydrogens (tertiary/aromatic N) is 4. The maximum Gasteiger partial charge on any atom is 0.354 e. The number of rotatable bonds is 5. The molecule has 1 fully saturated rings. The van der Waals surface area contributed by atoms with Crippen molar-refractivity contribution in [2.75, 3.05) is 4.90 Å². The van der Waals surface area contributed by atoms with Crippen molar-refractivity contribution >= 4 is 34.8 Å². The second kappa shape index (κ2) is 7.56. The molecule has 10 heteroatoms. The third-order valence-corrected chi connectivity index (χ3v) is 6.39. The van der Waals surface area contributed by atoms with Crippen LogP contribution in [0.2, 0.25) is 0 Å². The molecule has 2 amide bonds. The summed E-state index contributed by atoms with van der Waals surface area (Å²) in [5, 5.41) is 7.63. The van der Waals surface area contributed by atoms with E-state index in [1.807, 2.05) is 30.7 Å². The highest BCUT2D eigenvalue weighted by Crippen LogP contribution is 2.46. The van der Waals surface area contributed by atoms with Crippen molar-refractivity contribution in [2.24, 2.45) is 0 Å². The van der Waals surface area contributed by atoms with Crippen LogP contribution in [0.3, 0.4) is 0 Å². The Hall–Kier alpha value is -3.53. The lowest BCUT2D eigenvalue weighted by Gasteiger charge is -2.50. The molecule has 164 valence electrons. The van der Waals surface area contributed by atoms with Crippen LogP contribution >= 0.6 is 11.3 Å². The van der Waals surface area contributed by atoms with Crippen molar-refractivity contribution in [3.05, 3.63) is 52.5 Å². The van der Waals surface area contributed by atoms with Gasteiger partial charge in [-0.25, -0.2) is 4.79 Å². The van der Waals surface area contributed by atoms with E-state index in [0.29, 0.717) is 17.1 Å². The molecule has 1 saturated heterocycles. The number of hydrogen-bond donors (Lipinski definition) is 0. The molecular weight excluding hydrogens is 432 g/mol. The van der Waals surface area contributed by atoms with Crippen molar-refractivity contribution in [1.82, 2.24) is 15.0 Å². The van der Waals surface area contributed by atoms with Gasteiger partial charge in [0.2, 0.25) is 17.4 Å². The summed E-state index contributed by atoms with van der Waals surface area (Å²) in [4.78, 5) is 46.9. The van der Waals surface area contributed by atoms with E-state index in [1.165, 1.54) is 21.1 Å². The number of carbonyl (C=O) groups is 3. The minimum Gasteiger partial charge on any atom is -0.454 e. The first-order valence-corrected chi connectivity index (χ1v) is 11.2. The monoisotopic (exact) mass is 452 g/mol. The Bertz CT molecular complexity index is 1200. The number of para-hydroxylation sites is 1. The summed E-state index contributed by atoms with van der Waals surface area (Å²) < 4.78 is 10.8. The molecule has 0 bridgehead atoms. The topological polar surface area (TPSA) is 106 Å². The Balaban J connectivity index is 1.48. The first-order chi connectivity index (χ1) is 15.4. The first kappa shape index (κ1) is 20.4. The zero-order valence-corrected chi connectivity index (χ0v) is 18.3. The van der Waals surface area contributed by atoms with Gasteiger partial charge in [0.25, 0.3) is 11.8 Å². The fraction of sp³-hybridized carbons (Fsp3) is 0.318. The highest BCUT2D eigenvalue weighted by atomic mass is 32.1. The molecule has 9 nitrogen and oxygen atoms in total. The van der Waals surface area contributed by atoms with Crippen molar-refractivity contribution in [2.45, 2.75) is 45.0 Å². The highest BCUT2D eigenvalue weighted by molar-refractivity contribution is 7.08. The number of esters is 1. The number of anilines is 1. The molecule has 0 saturated carbocycles. The summed E-state index contributed by atoms with van der Waals surface area (Å²) in [6.45, 7) is 3.39. The summed E-state index contributed by atoms with van der Waals surface area (Å²) in [6, 6.07) is 8.33.